The number of phenolic OH excluding ortho intramolecular Hbond substituents is 1. The molecule has 1 aliphatic carbocycles. The molecular formula is C33H32N2O4. The number of phenols is 1. The third-order valence-corrected chi connectivity index (χ3v) is 6.80. The lowest BCUT2D eigenvalue weighted by molar-refractivity contribution is -0.141. The van der Waals surface area contributed by atoms with Crippen LogP contribution in [0, 0.1) is 0 Å². The predicted octanol–water partition coefficient (Wildman–Crippen LogP) is 6.17. The lowest BCUT2D eigenvalue weighted by Crippen LogP contribution is -2.45. The third kappa shape index (κ3) is 7.05. The molecule has 1 fully saturated rings. The number of amides is 2. The molecule has 4 aromatic rings. The number of hydrogen-bond donors (Lipinski definition) is 2. The lowest BCUT2D eigenvalue weighted by atomic mass is 10.0. The van der Waals surface area contributed by atoms with Crippen LogP contribution in [0.2, 0.25) is 0 Å². The van der Waals surface area contributed by atoms with Gasteiger partial charge in [0.1, 0.15) is 23.3 Å². The molecule has 198 valence electrons. The summed E-state index contributed by atoms with van der Waals surface area (Å²) in [7, 11) is 0. The lowest BCUT2D eigenvalue weighted by Gasteiger charge is -2.32. The fourth-order valence-electron chi connectivity index (χ4n) is 4.62. The number of hydrogen-bond acceptors (Lipinski definition) is 4. The molecule has 2 N–H and O–H groups in total. The molecule has 1 saturated carbocycles. The Hall–Kier alpha value is -4.58. The van der Waals surface area contributed by atoms with Gasteiger partial charge in [0.05, 0.1) is 0 Å². The van der Waals surface area contributed by atoms with E-state index in [0.29, 0.717) is 18.7 Å². The fourth-order valence-corrected chi connectivity index (χ4v) is 4.62. The average Bonchev–Trinajstić information content (AvgIpc) is 3.81. The van der Waals surface area contributed by atoms with Crippen LogP contribution < -0.4 is 10.1 Å². The largest absolute Gasteiger partial charge is 0.508 e. The van der Waals surface area contributed by atoms with Gasteiger partial charge >= 0.3 is 0 Å². The van der Waals surface area contributed by atoms with Crippen molar-refractivity contribution in [1.82, 2.24) is 10.2 Å². The summed E-state index contributed by atoms with van der Waals surface area (Å²) in [5.74, 6) is 1.31. The molecule has 0 aliphatic heterocycles. The number of nitrogens with zero attached hydrogens (tertiary/aromatic N) is 1. The first-order valence-corrected chi connectivity index (χ1v) is 13.3. The van der Waals surface area contributed by atoms with Crippen LogP contribution in [-0.4, -0.2) is 27.9 Å². The molecule has 1 atom stereocenters. The zero-order valence-corrected chi connectivity index (χ0v) is 21.7. The molecule has 0 spiro atoms. The summed E-state index contributed by atoms with van der Waals surface area (Å²) >= 11 is 0. The van der Waals surface area contributed by atoms with E-state index in [0.717, 1.165) is 35.3 Å². The second kappa shape index (κ2) is 12.3. The van der Waals surface area contributed by atoms with Crippen LogP contribution in [0.25, 0.3) is 0 Å². The number of aryl methyl sites for hydroxylation is 1. The van der Waals surface area contributed by atoms with Crippen molar-refractivity contribution in [3.05, 3.63) is 126 Å². The summed E-state index contributed by atoms with van der Waals surface area (Å²) in [4.78, 5) is 29.1. The van der Waals surface area contributed by atoms with Crippen molar-refractivity contribution in [3.63, 3.8) is 0 Å². The Balaban J connectivity index is 1.37. The molecule has 0 bridgehead atoms. The highest BCUT2D eigenvalue weighted by Crippen LogP contribution is 2.36. The van der Waals surface area contributed by atoms with Crippen LogP contribution in [0.15, 0.2) is 109 Å². The Morgan fingerprint density at radius 1 is 0.795 bits per heavy atom. The second-order valence-electron chi connectivity index (χ2n) is 9.79. The first-order valence-electron chi connectivity index (χ1n) is 13.3. The molecule has 1 aliphatic rings. The quantitative estimate of drug-likeness (QED) is 0.248. The fraction of sp³-hybridized carbons (Fsp3) is 0.212. The standard InChI is InChI=1S/C33H32N2O4/c36-28-18-11-24(12-19-28)13-22-31(37)35(27-16-17-27)32(33(38)34-23-25-7-3-1-4-8-25)26-14-20-30(21-15-26)39-29-9-5-2-6-10-29/h1-12,14-15,18-21,27,32,36H,13,16-17,22-23H2,(H,34,38). The van der Waals surface area contributed by atoms with Crippen molar-refractivity contribution in [2.45, 2.75) is 44.3 Å². The molecule has 0 radical (unpaired) electrons. The van der Waals surface area contributed by atoms with Crippen LogP contribution in [0.4, 0.5) is 0 Å². The Kier molecular flexibility index (Phi) is 8.22. The summed E-state index contributed by atoms with van der Waals surface area (Å²) < 4.78 is 5.94. The first-order chi connectivity index (χ1) is 19.1. The van der Waals surface area contributed by atoms with Crippen LogP contribution in [0.1, 0.15) is 42.0 Å². The van der Waals surface area contributed by atoms with Crippen molar-refractivity contribution in [2.75, 3.05) is 0 Å². The van der Waals surface area contributed by atoms with Crippen molar-refractivity contribution in [3.8, 4) is 17.2 Å². The molecule has 39 heavy (non-hydrogen) atoms. The summed E-state index contributed by atoms with van der Waals surface area (Å²) in [6.07, 6.45) is 2.56. The van der Waals surface area contributed by atoms with Crippen molar-refractivity contribution in [2.24, 2.45) is 0 Å². The Bertz CT molecular complexity index is 1370. The van der Waals surface area contributed by atoms with Crippen molar-refractivity contribution < 1.29 is 19.4 Å². The summed E-state index contributed by atoms with van der Waals surface area (Å²) in [5.41, 5.74) is 2.70. The molecule has 0 heterocycles. The van der Waals surface area contributed by atoms with Crippen LogP contribution in [0.5, 0.6) is 17.2 Å². The van der Waals surface area contributed by atoms with Crippen LogP contribution >= 0.6 is 0 Å². The molecule has 2 amide bonds. The average molecular weight is 521 g/mol. The maximum atomic E-state index is 13.7. The molecular weight excluding hydrogens is 488 g/mol. The molecule has 6 heteroatoms. The predicted molar refractivity (Wildman–Crippen MR) is 150 cm³/mol. The van der Waals surface area contributed by atoms with E-state index in [-0.39, 0.29) is 30.0 Å². The monoisotopic (exact) mass is 520 g/mol. The van der Waals surface area contributed by atoms with E-state index in [1.165, 1.54) is 0 Å². The van der Waals surface area contributed by atoms with Gasteiger partial charge in [-0.1, -0.05) is 72.8 Å². The van der Waals surface area contributed by atoms with Crippen LogP contribution in [0.3, 0.4) is 0 Å². The SMILES string of the molecule is O=C(NCc1ccccc1)C(c1ccc(Oc2ccccc2)cc1)N(C(=O)CCc1ccc(O)cc1)C1CC1. The normalized spacial score (nSPS) is 13.3. The van der Waals surface area contributed by atoms with Gasteiger partial charge in [-0.3, -0.25) is 9.59 Å². The minimum absolute atomic E-state index is 0.0324. The molecule has 0 saturated heterocycles. The Morgan fingerprint density at radius 3 is 2.05 bits per heavy atom. The number of carbonyl (C=O) groups is 2. The number of benzene rings is 4. The number of carbonyl (C=O) groups excluding carboxylic acids is 2. The van der Waals surface area contributed by atoms with Gasteiger partial charge in [-0.2, -0.15) is 0 Å². The summed E-state index contributed by atoms with van der Waals surface area (Å²) in [6, 6.07) is 32.8. The van der Waals surface area contributed by atoms with E-state index in [4.69, 9.17) is 4.74 Å². The maximum absolute atomic E-state index is 13.7. The van der Waals surface area contributed by atoms with Gasteiger partial charge in [0, 0.05) is 19.0 Å². The van der Waals surface area contributed by atoms with Gasteiger partial charge in [0.2, 0.25) is 11.8 Å². The number of ether oxygens (including phenoxy) is 1. The molecule has 4 aromatic carbocycles. The third-order valence-electron chi connectivity index (χ3n) is 6.80. The van der Waals surface area contributed by atoms with E-state index in [1.807, 2.05) is 97.1 Å². The minimum Gasteiger partial charge on any atom is -0.508 e. The number of para-hydroxylation sites is 1. The highest BCUT2D eigenvalue weighted by atomic mass is 16.5. The summed E-state index contributed by atoms with van der Waals surface area (Å²) in [5, 5.41) is 12.6. The molecule has 1 unspecified atom stereocenters. The highest BCUT2D eigenvalue weighted by Gasteiger charge is 2.41. The molecule has 6 nitrogen and oxygen atoms in total. The van der Waals surface area contributed by atoms with E-state index in [2.05, 4.69) is 5.32 Å². The van der Waals surface area contributed by atoms with Gasteiger partial charge < -0.3 is 20.1 Å². The maximum Gasteiger partial charge on any atom is 0.247 e. The van der Waals surface area contributed by atoms with E-state index >= 15 is 0 Å². The van der Waals surface area contributed by atoms with Gasteiger partial charge in [0.25, 0.3) is 0 Å². The zero-order chi connectivity index (χ0) is 27.0. The topological polar surface area (TPSA) is 78.9 Å². The van der Waals surface area contributed by atoms with E-state index < -0.39 is 6.04 Å². The van der Waals surface area contributed by atoms with Gasteiger partial charge in [-0.05, 0) is 72.4 Å². The number of nitrogens with one attached hydrogen (secondary N) is 1. The van der Waals surface area contributed by atoms with Gasteiger partial charge in [0.15, 0.2) is 0 Å². The smallest absolute Gasteiger partial charge is 0.247 e. The van der Waals surface area contributed by atoms with Crippen molar-refractivity contribution in [1.29, 1.82) is 0 Å². The molecule has 5 rings (SSSR count). The van der Waals surface area contributed by atoms with Crippen LogP contribution in [-0.2, 0) is 22.6 Å². The second-order valence-corrected chi connectivity index (χ2v) is 9.79. The first kappa shape index (κ1) is 26.0. The Morgan fingerprint density at radius 2 is 1.41 bits per heavy atom. The van der Waals surface area contributed by atoms with Gasteiger partial charge in [-0.25, -0.2) is 0 Å². The van der Waals surface area contributed by atoms with Crippen molar-refractivity contribution >= 4 is 11.8 Å². The summed E-state index contributed by atoms with van der Waals surface area (Å²) in [6.45, 7) is 0.381. The number of rotatable bonds is 11. The number of aromatic hydroxyl groups is 1. The zero-order valence-electron chi connectivity index (χ0n) is 21.7. The highest BCUT2D eigenvalue weighted by molar-refractivity contribution is 5.89. The minimum atomic E-state index is -0.751. The molecule has 0 aromatic heterocycles. The van der Waals surface area contributed by atoms with E-state index in [9.17, 15) is 14.7 Å². The van der Waals surface area contributed by atoms with Gasteiger partial charge in [-0.15, -0.1) is 0 Å². The van der Waals surface area contributed by atoms with E-state index in [1.54, 1.807) is 17.0 Å². The Labute approximate surface area is 228 Å².